The van der Waals surface area contributed by atoms with E-state index in [-0.39, 0.29) is 16.5 Å². The Morgan fingerprint density at radius 1 is 1.05 bits per heavy atom. The van der Waals surface area contributed by atoms with Crippen LogP contribution >= 0.6 is 0 Å². The minimum absolute atomic E-state index is 0.0372. The van der Waals surface area contributed by atoms with E-state index in [0.29, 0.717) is 11.1 Å². The number of hydrogen-bond donors (Lipinski definition) is 1. The van der Waals surface area contributed by atoms with Gasteiger partial charge < -0.3 is 4.98 Å². The van der Waals surface area contributed by atoms with E-state index in [4.69, 9.17) is 0 Å². The Hall–Kier alpha value is -2.63. The molecule has 0 unspecified atom stereocenters. The summed E-state index contributed by atoms with van der Waals surface area (Å²) in [7, 11) is 0. The van der Waals surface area contributed by atoms with Gasteiger partial charge in [0, 0.05) is 0 Å². The molecule has 0 aliphatic rings. The number of H-pyrrole nitrogens is 1. The van der Waals surface area contributed by atoms with Crippen molar-refractivity contribution in [2.75, 3.05) is 0 Å². The van der Waals surface area contributed by atoms with E-state index >= 15 is 0 Å². The molecular weight excluding hydrogens is 281 g/mol. The van der Waals surface area contributed by atoms with Crippen molar-refractivity contribution >= 4 is 10.9 Å². The molecule has 1 heterocycles. The predicted molar refractivity (Wildman–Crippen MR) is 72.8 cm³/mol. The molecule has 0 saturated carbocycles. The van der Waals surface area contributed by atoms with Gasteiger partial charge in [-0.3, -0.25) is 4.79 Å². The molecule has 0 spiro atoms. The normalized spacial score (nSPS) is 11.8. The summed E-state index contributed by atoms with van der Waals surface area (Å²) < 4.78 is 39.1. The van der Waals surface area contributed by atoms with Gasteiger partial charge in [-0.2, -0.15) is 13.2 Å². The molecule has 21 heavy (non-hydrogen) atoms. The van der Waals surface area contributed by atoms with Crippen LogP contribution in [0, 0.1) is 0 Å². The van der Waals surface area contributed by atoms with Crippen LogP contribution in [0.4, 0.5) is 13.2 Å². The van der Waals surface area contributed by atoms with Crippen LogP contribution in [-0.4, -0.2) is 9.97 Å². The fraction of sp³-hybridized carbons (Fsp3) is 0.0667. The third-order valence-corrected chi connectivity index (χ3v) is 3.18. The second-order valence-corrected chi connectivity index (χ2v) is 4.51. The number of halogens is 3. The maximum atomic E-state index is 13.0. The van der Waals surface area contributed by atoms with Crippen molar-refractivity contribution in [3.05, 3.63) is 64.7 Å². The van der Waals surface area contributed by atoms with Gasteiger partial charge in [0.05, 0.1) is 22.8 Å². The van der Waals surface area contributed by atoms with E-state index in [0.717, 1.165) is 6.07 Å². The van der Waals surface area contributed by atoms with E-state index < -0.39 is 11.7 Å². The number of hydrogen-bond acceptors (Lipinski definition) is 2. The summed E-state index contributed by atoms with van der Waals surface area (Å²) in [5, 5.41) is 0.256. The molecule has 0 bridgehead atoms. The van der Waals surface area contributed by atoms with Crippen molar-refractivity contribution in [3.63, 3.8) is 0 Å². The maximum absolute atomic E-state index is 13.0. The van der Waals surface area contributed by atoms with Crippen molar-refractivity contribution in [3.8, 4) is 11.1 Å². The van der Waals surface area contributed by atoms with Gasteiger partial charge in [0.1, 0.15) is 0 Å². The minimum atomic E-state index is -4.45. The van der Waals surface area contributed by atoms with Crippen molar-refractivity contribution in [1.29, 1.82) is 0 Å². The van der Waals surface area contributed by atoms with Crippen LogP contribution in [0.1, 0.15) is 5.56 Å². The third kappa shape index (κ3) is 2.40. The average Bonchev–Trinajstić information content (AvgIpc) is 2.46. The van der Waals surface area contributed by atoms with Gasteiger partial charge in [-0.1, -0.05) is 24.3 Å². The van der Waals surface area contributed by atoms with E-state index in [9.17, 15) is 18.0 Å². The van der Waals surface area contributed by atoms with Gasteiger partial charge >= 0.3 is 6.18 Å². The first-order chi connectivity index (χ1) is 9.97. The van der Waals surface area contributed by atoms with Crippen molar-refractivity contribution in [2.24, 2.45) is 0 Å². The molecule has 0 aliphatic carbocycles. The highest BCUT2D eigenvalue weighted by molar-refractivity contribution is 5.84. The number of alkyl halides is 3. The second kappa shape index (κ2) is 4.73. The lowest BCUT2D eigenvalue weighted by Crippen LogP contribution is -2.08. The van der Waals surface area contributed by atoms with Crippen molar-refractivity contribution in [1.82, 2.24) is 9.97 Å². The summed E-state index contributed by atoms with van der Waals surface area (Å²) >= 11 is 0. The van der Waals surface area contributed by atoms with E-state index in [1.165, 1.54) is 42.7 Å². The maximum Gasteiger partial charge on any atom is 0.417 e. The molecule has 0 atom stereocenters. The minimum Gasteiger partial charge on any atom is -0.313 e. The Bertz CT molecular complexity index is 868. The first kappa shape index (κ1) is 13.4. The highest BCUT2D eigenvalue weighted by Gasteiger charge is 2.33. The molecule has 1 aromatic heterocycles. The zero-order valence-electron chi connectivity index (χ0n) is 10.6. The Morgan fingerprint density at radius 2 is 1.81 bits per heavy atom. The van der Waals surface area contributed by atoms with Crippen LogP contribution < -0.4 is 5.56 Å². The molecule has 0 radical (unpaired) electrons. The molecule has 0 saturated heterocycles. The fourth-order valence-corrected chi connectivity index (χ4v) is 2.22. The first-order valence-electron chi connectivity index (χ1n) is 6.11. The Morgan fingerprint density at radius 3 is 2.57 bits per heavy atom. The molecule has 6 heteroatoms. The smallest absolute Gasteiger partial charge is 0.313 e. The SMILES string of the molecule is O=c1[nH]cnc2ccc(-c3ccccc3C(F)(F)F)cc12. The van der Waals surface area contributed by atoms with Gasteiger partial charge in [0.25, 0.3) is 5.56 Å². The standard InChI is InChI=1S/C15H9F3N2O/c16-15(17,18)12-4-2-1-3-10(12)9-5-6-13-11(7-9)14(21)20-8-19-13/h1-8H,(H,19,20,21). The third-order valence-electron chi connectivity index (χ3n) is 3.18. The molecular formula is C15H9F3N2O. The topological polar surface area (TPSA) is 45.8 Å². The summed E-state index contributed by atoms with van der Waals surface area (Å²) in [6.07, 6.45) is -3.19. The Kier molecular flexibility index (Phi) is 3.01. The zero-order valence-corrected chi connectivity index (χ0v) is 10.6. The Labute approximate surface area is 117 Å². The zero-order chi connectivity index (χ0) is 15.0. The number of aromatic amines is 1. The highest BCUT2D eigenvalue weighted by atomic mass is 19.4. The van der Waals surface area contributed by atoms with Gasteiger partial charge in [-0.05, 0) is 29.3 Å². The average molecular weight is 290 g/mol. The van der Waals surface area contributed by atoms with Gasteiger partial charge in [0.2, 0.25) is 0 Å². The van der Waals surface area contributed by atoms with E-state index in [1.807, 2.05) is 0 Å². The summed E-state index contributed by atoms with van der Waals surface area (Å²) in [6.45, 7) is 0. The van der Waals surface area contributed by atoms with E-state index in [2.05, 4.69) is 9.97 Å². The lowest BCUT2D eigenvalue weighted by molar-refractivity contribution is -0.137. The molecule has 1 N–H and O–H groups in total. The van der Waals surface area contributed by atoms with Crippen molar-refractivity contribution in [2.45, 2.75) is 6.18 Å². The van der Waals surface area contributed by atoms with Crippen LogP contribution in [0.3, 0.4) is 0 Å². The second-order valence-electron chi connectivity index (χ2n) is 4.51. The quantitative estimate of drug-likeness (QED) is 0.744. The highest BCUT2D eigenvalue weighted by Crippen LogP contribution is 2.37. The lowest BCUT2D eigenvalue weighted by Gasteiger charge is -2.13. The number of nitrogens with zero attached hydrogens (tertiary/aromatic N) is 1. The Balaban J connectivity index is 2.27. The number of benzene rings is 2. The van der Waals surface area contributed by atoms with E-state index in [1.54, 1.807) is 0 Å². The van der Waals surface area contributed by atoms with Crippen LogP contribution in [0.2, 0.25) is 0 Å². The molecule has 0 aliphatic heterocycles. The predicted octanol–water partition coefficient (Wildman–Crippen LogP) is 3.61. The summed E-state index contributed by atoms with van der Waals surface area (Å²) in [5.41, 5.74) is -0.313. The summed E-state index contributed by atoms with van der Waals surface area (Å²) in [5.74, 6) is 0. The molecule has 0 amide bonds. The molecule has 3 aromatic rings. The number of nitrogens with one attached hydrogen (secondary N) is 1. The first-order valence-corrected chi connectivity index (χ1v) is 6.11. The summed E-state index contributed by atoms with van der Waals surface area (Å²) in [4.78, 5) is 18.1. The number of aromatic nitrogens is 2. The molecule has 0 fully saturated rings. The van der Waals surface area contributed by atoms with Gasteiger partial charge in [-0.25, -0.2) is 4.98 Å². The van der Waals surface area contributed by atoms with Gasteiger partial charge in [-0.15, -0.1) is 0 Å². The monoisotopic (exact) mass is 290 g/mol. The van der Waals surface area contributed by atoms with Gasteiger partial charge in [0.15, 0.2) is 0 Å². The van der Waals surface area contributed by atoms with Crippen LogP contribution in [0.15, 0.2) is 53.6 Å². The largest absolute Gasteiger partial charge is 0.417 e. The molecule has 3 rings (SSSR count). The summed E-state index contributed by atoms with van der Waals surface area (Å²) in [6, 6.07) is 9.75. The van der Waals surface area contributed by atoms with Crippen LogP contribution in [-0.2, 0) is 6.18 Å². The lowest BCUT2D eigenvalue weighted by atomic mass is 9.98. The number of fused-ring (bicyclic) bond motifs is 1. The molecule has 3 nitrogen and oxygen atoms in total. The molecule has 106 valence electrons. The van der Waals surface area contributed by atoms with Crippen LogP contribution in [0.25, 0.3) is 22.0 Å². The van der Waals surface area contributed by atoms with Crippen molar-refractivity contribution < 1.29 is 13.2 Å². The number of rotatable bonds is 1. The molecule has 2 aromatic carbocycles. The van der Waals surface area contributed by atoms with Crippen LogP contribution in [0.5, 0.6) is 0 Å². The fourth-order valence-electron chi connectivity index (χ4n) is 2.22.